The average Bonchev–Trinajstić information content (AvgIpc) is 2.61. The number of fused-ring (bicyclic) bond motifs is 3. The summed E-state index contributed by atoms with van der Waals surface area (Å²) in [7, 11) is 0. The molecule has 2 heterocycles. The van der Waals surface area contributed by atoms with Crippen molar-refractivity contribution in [2.24, 2.45) is 0 Å². The maximum atomic E-state index is 11.4. The van der Waals surface area contributed by atoms with E-state index in [9.17, 15) is 4.79 Å². The van der Waals surface area contributed by atoms with Crippen LogP contribution in [0.5, 0.6) is 0 Å². The first-order valence-corrected chi connectivity index (χ1v) is 5.80. The Morgan fingerprint density at radius 3 is 2.88 bits per heavy atom. The molecule has 1 aliphatic rings. The highest BCUT2D eigenvalue weighted by Crippen LogP contribution is 2.20. The third-order valence-electron chi connectivity index (χ3n) is 3.24. The Kier molecular flexibility index (Phi) is 2.23. The molecule has 5 heteroatoms. The Morgan fingerprint density at radius 2 is 2.00 bits per heavy atom. The molecule has 1 aliphatic carbocycles. The zero-order valence-electron chi connectivity index (χ0n) is 9.07. The lowest BCUT2D eigenvalue weighted by Crippen LogP contribution is -2.12. The molecule has 2 aromatic rings. The van der Waals surface area contributed by atoms with Gasteiger partial charge >= 0.3 is 5.69 Å². The van der Waals surface area contributed by atoms with Gasteiger partial charge in [-0.15, -0.1) is 0 Å². The highest BCUT2D eigenvalue weighted by Gasteiger charge is 2.14. The monoisotopic (exact) mass is 218 g/mol. The van der Waals surface area contributed by atoms with Gasteiger partial charge < -0.3 is 0 Å². The Morgan fingerprint density at radius 1 is 1.19 bits per heavy atom. The molecule has 0 amide bonds. The summed E-state index contributed by atoms with van der Waals surface area (Å²) in [5.41, 5.74) is 2.83. The second-order valence-electron chi connectivity index (χ2n) is 4.31. The van der Waals surface area contributed by atoms with Crippen molar-refractivity contribution in [1.29, 1.82) is 0 Å². The number of rotatable bonds is 0. The summed E-state index contributed by atoms with van der Waals surface area (Å²) in [6.45, 7) is 0. The Balaban J connectivity index is 2.22. The van der Waals surface area contributed by atoms with Gasteiger partial charge in [-0.25, -0.2) is 19.3 Å². The fraction of sp³-hybridized carbons (Fsp3) is 0.545. The van der Waals surface area contributed by atoms with E-state index >= 15 is 0 Å². The van der Waals surface area contributed by atoms with Crippen LogP contribution in [0.4, 0.5) is 0 Å². The third-order valence-corrected chi connectivity index (χ3v) is 3.24. The minimum absolute atomic E-state index is 0.202. The summed E-state index contributed by atoms with van der Waals surface area (Å²) in [5, 5.41) is 6.57. The van der Waals surface area contributed by atoms with Gasteiger partial charge in [0, 0.05) is 11.3 Å². The SMILES string of the molecule is O=c1[nH]nc2c3c(ncn12)CCCCCC3. The van der Waals surface area contributed by atoms with Gasteiger partial charge in [0.1, 0.15) is 6.33 Å². The predicted octanol–water partition coefficient (Wildman–Crippen LogP) is 1.08. The van der Waals surface area contributed by atoms with E-state index in [-0.39, 0.29) is 5.69 Å². The van der Waals surface area contributed by atoms with Gasteiger partial charge in [0.2, 0.25) is 0 Å². The Hall–Kier alpha value is -1.65. The maximum Gasteiger partial charge on any atom is 0.348 e. The maximum absolute atomic E-state index is 11.4. The lowest BCUT2D eigenvalue weighted by atomic mass is 9.98. The van der Waals surface area contributed by atoms with Crippen LogP contribution in [-0.4, -0.2) is 19.6 Å². The largest absolute Gasteiger partial charge is 0.348 e. The lowest BCUT2D eigenvalue weighted by molar-refractivity contribution is 0.607. The summed E-state index contributed by atoms with van der Waals surface area (Å²) in [5.74, 6) is 0. The number of hydrogen-bond donors (Lipinski definition) is 1. The molecule has 0 spiro atoms. The van der Waals surface area contributed by atoms with Crippen molar-refractivity contribution in [1.82, 2.24) is 19.6 Å². The Bertz CT molecular complexity index is 569. The summed E-state index contributed by atoms with van der Waals surface area (Å²) >= 11 is 0. The molecular formula is C11H14N4O. The normalized spacial score (nSPS) is 16.8. The second kappa shape index (κ2) is 3.73. The van der Waals surface area contributed by atoms with E-state index in [1.54, 1.807) is 6.33 Å². The molecule has 16 heavy (non-hydrogen) atoms. The van der Waals surface area contributed by atoms with Crippen molar-refractivity contribution in [3.63, 3.8) is 0 Å². The molecule has 1 N–H and O–H groups in total. The highest BCUT2D eigenvalue weighted by molar-refractivity contribution is 5.48. The zero-order chi connectivity index (χ0) is 11.0. The molecule has 84 valence electrons. The van der Waals surface area contributed by atoms with Crippen LogP contribution in [0, 0.1) is 0 Å². The van der Waals surface area contributed by atoms with Crippen LogP contribution >= 0.6 is 0 Å². The third kappa shape index (κ3) is 1.43. The van der Waals surface area contributed by atoms with E-state index < -0.39 is 0 Å². The van der Waals surface area contributed by atoms with Gasteiger partial charge in [-0.1, -0.05) is 12.8 Å². The van der Waals surface area contributed by atoms with Crippen LogP contribution in [0.25, 0.3) is 5.65 Å². The van der Waals surface area contributed by atoms with Crippen LogP contribution < -0.4 is 5.69 Å². The molecule has 3 rings (SSSR count). The van der Waals surface area contributed by atoms with Crippen molar-refractivity contribution < 1.29 is 0 Å². The average molecular weight is 218 g/mol. The quantitative estimate of drug-likeness (QED) is 0.719. The molecule has 0 aliphatic heterocycles. The van der Waals surface area contributed by atoms with E-state index in [0.717, 1.165) is 36.2 Å². The van der Waals surface area contributed by atoms with Crippen molar-refractivity contribution in [2.75, 3.05) is 0 Å². The smallest absolute Gasteiger partial charge is 0.246 e. The number of aryl methyl sites for hydroxylation is 2. The number of nitrogens with one attached hydrogen (secondary N) is 1. The van der Waals surface area contributed by atoms with Crippen molar-refractivity contribution in [3.05, 3.63) is 28.1 Å². The van der Waals surface area contributed by atoms with Gasteiger partial charge in [-0.05, 0) is 25.7 Å². The molecule has 0 bridgehead atoms. The minimum Gasteiger partial charge on any atom is -0.246 e. The molecule has 2 aromatic heterocycles. The second-order valence-corrected chi connectivity index (χ2v) is 4.31. The molecule has 0 fully saturated rings. The fourth-order valence-corrected chi connectivity index (χ4v) is 2.38. The topological polar surface area (TPSA) is 63.0 Å². The number of aromatic amines is 1. The van der Waals surface area contributed by atoms with Crippen molar-refractivity contribution in [3.8, 4) is 0 Å². The first-order valence-electron chi connectivity index (χ1n) is 5.80. The van der Waals surface area contributed by atoms with E-state index in [2.05, 4.69) is 15.2 Å². The highest BCUT2D eigenvalue weighted by atomic mass is 16.1. The number of H-pyrrole nitrogens is 1. The first-order chi connectivity index (χ1) is 7.86. The minimum atomic E-state index is -0.202. The zero-order valence-corrected chi connectivity index (χ0v) is 9.07. The van der Waals surface area contributed by atoms with Crippen LogP contribution in [0.3, 0.4) is 0 Å². The molecule has 0 saturated heterocycles. The van der Waals surface area contributed by atoms with Gasteiger partial charge in [0.15, 0.2) is 5.65 Å². The van der Waals surface area contributed by atoms with Gasteiger partial charge in [0.05, 0.1) is 0 Å². The summed E-state index contributed by atoms with van der Waals surface area (Å²) in [6.07, 6.45) is 8.46. The van der Waals surface area contributed by atoms with E-state index in [0.29, 0.717) is 0 Å². The molecular weight excluding hydrogens is 204 g/mol. The molecule has 0 aromatic carbocycles. The molecule has 0 unspecified atom stereocenters. The van der Waals surface area contributed by atoms with Crippen LogP contribution in [0.2, 0.25) is 0 Å². The molecule has 5 nitrogen and oxygen atoms in total. The molecule has 0 saturated carbocycles. The van der Waals surface area contributed by atoms with E-state index in [1.807, 2.05) is 0 Å². The number of nitrogens with zero attached hydrogens (tertiary/aromatic N) is 3. The van der Waals surface area contributed by atoms with Crippen LogP contribution in [0.1, 0.15) is 36.9 Å². The van der Waals surface area contributed by atoms with Crippen molar-refractivity contribution in [2.45, 2.75) is 38.5 Å². The fourth-order valence-electron chi connectivity index (χ4n) is 2.38. The van der Waals surface area contributed by atoms with Gasteiger partial charge in [-0.2, -0.15) is 5.10 Å². The molecule has 0 radical (unpaired) electrons. The Labute approximate surface area is 92.5 Å². The van der Waals surface area contributed by atoms with Gasteiger partial charge in [-0.3, -0.25) is 0 Å². The van der Waals surface area contributed by atoms with Gasteiger partial charge in [0.25, 0.3) is 0 Å². The molecule has 0 atom stereocenters. The van der Waals surface area contributed by atoms with Crippen molar-refractivity contribution >= 4 is 5.65 Å². The summed E-state index contributed by atoms with van der Waals surface area (Å²) in [4.78, 5) is 15.8. The summed E-state index contributed by atoms with van der Waals surface area (Å²) in [6, 6.07) is 0. The first kappa shape index (κ1) is 9.57. The lowest BCUT2D eigenvalue weighted by Gasteiger charge is -2.12. The van der Waals surface area contributed by atoms with Crippen LogP contribution in [-0.2, 0) is 12.8 Å². The summed E-state index contributed by atoms with van der Waals surface area (Å²) < 4.78 is 1.50. The number of hydrogen-bond acceptors (Lipinski definition) is 3. The number of aromatic nitrogens is 4. The van der Waals surface area contributed by atoms with Crippen LogP contribution in [0.15, 0.2) is 11.1 Å². The standard InChI is InChI=1S/C11H14N4O/c16-11-14-13-10-8-5-3-1-2-4-6-9(8)12-7-15(10)11/h7H,1-6H2,(H,14,16). The predicted molar refractivity (Wildman–Crippen MR) is 59.5 cm³/mol. The van der Waals surface area contributed by atoms with E-state index in [1.165, 1.54) is 23.7 Å². The van der Waals surface area contributed by atoms with E-state index in [4.69, 9.17) is 0 Å².